The van der Waals surface area contributed by atoms with Crippen molar-refractivity contribution in [2.75, 3.05) is 13.6 Å². The molecule has 0 N–H and O–H groups in total. The number of likely N-dealkylation sites (tertiary alicyclic amines) is 1. The minimum atomic E-state index is -4.63. The minimum absolute atomic E-state index is 0.0736. The zero-order valence-electron chi connectivity index (χ0n) is 11.9. The monoisotopic (exact) mass is 329 g/mol. The molecule has 1 fully saturated rings. The molecule has 0 radical (unpaired) electrons. The molecule has 122 valence electrons. The van der Waals surface area contributed by atoms with Crippen LogP contribution in [0.5, 0.6) is 0 Å². The molecule has 1 saturated heterocycles. The number of likely N-dealkylation sites (N-methyl/N-ethyl adjacent to an activating group) is 1. The third-order valence-corrected chi connectivity index (χ3v) is 3.67. The Morgan fingerprint density at radius 3 is 2.65 bits per heavy atom. The summed E-state index contributed by atoms with van der Waals surface area (Å²) in [6.45, 7) is 0.399. The van der Waals surface area contributed by atoms with Crippen LogP contribution in [0.15, 0.2) is 22.7 Å². The molecule has 1 amide bonds. The normalized spacial score (nSPS) is 18.7. The SMILES string of the molecule is CN1CC(c2nc(-c3ccc(C(F)(F)F)cc3F)no2)CC1=O. The Hall–Kier alpha value is -2.45. The summed E-state index contributed by atoms with van der Waals surface area (Å²) in [4.78, 5) is 17.0. The van der Waals surface area contributed by atoms with Gasteiger partial charge < -0.3 is 9.42 Å². The number of benzene rings is 1. The molecule has 3 rings (SSSR count). The second-order valence-corrected chi connectivity index (χ2v) is 5.32. The van der Waals surface area contributed by atoms with Crippen molar-refractivity contribution in [2.45, 2.75) is 18.5 Å². The van der Waals surface area contributed by atoms with Gasteiger partial charge in [-0.15, -0.1) is 0 Å². The summed E-state index contributed by atoms with van der Waals surface area (Å²) in [5, 5.41) is 3.60. The van der Waals surface area contributed by atoms with E-state index in [9.17, 15) is 22.4 Å². The Labute approximate surface area is 127 Å². The van der Waals surface area contributed by atoms with E-state index in [4.69, 9.17) is 4.52 Å². The Morgan fingerprint density at radius 2 is 2.09 bits per heavy atom. The maximum Gasteiger partial charge on any atom is 0.416 e. The van der Waals surface area contributed by atoms with Crippen LogP contribution in [0.1, 0.15) is 23.8 Å². The third kappa shape index (κ3) is 2.90. The van der Waals surface area contributed by atoms with E-state index in [0.29, 0.717) is 12.6 Å². The van der Waals surface area contributed by atoms with E-state index in [0.717, 1.165) is 12.1 Å². The van der Waals surface area contributed by atoms with Crippen molar-refractivity contribution in [3.63, 3.8) is 0 Å². The van der Waals surface area contributed by atoms with Gasteiger partial charge in [-0.05, 0) is 18.2 Å². The lowest BCUT2D eigenvalue weighted by atomic mass is 10.1. The summed E-state index contributed by atoms with van der Waals surface area (Å²) in [5.41, 5.74) is -1.28. The van der Waals surface area contributed by atoms with Crippen LogP contribution in [0.3, 0.4) is 0 Å². The van der Waals surface area contributed by atoms with Gasteiger partial charge in [-0.3, -0.25) is 4.79 Å². The van der Waals surface area contributed by atoms with Crippen molar-refractivity contribution >= 4 is 5.91 Å². The van der Waals surface area contributed by atoms with Crippen LogP contribution >= 0.6 is 0 Å². The molecule has 2 heterocycles. The lowest BCUT2D eigenvalue weighted by Crippen LogP contribution is -2.18. The highest BCUT2D eigenvalue weighted by Gasteiger charge is 2.33. The minimum Gasteiger partial charge on any atom is -0.345 e. The van der Waals surface area contributed by atoms with Crippen LogP contribution in [-0.4, -0.2) is 34.5 Å². The number of halogens is 4. The van der Waals surface area contributed by atoms with Crippen LogP contribution in [0.4, 0.5) is 17.6 Å². The fourth-order valence-electron chi connectivity index (χ4n) is 2.41. The molecule has 1 atom stereocenters. The molecule has 1 aromatic carbocycles. The van der Waals surface area contributed by atoms with Gasteiger partial charge in [0.15, 0.2) is 0 Å². The number of carbonyl (C=O) groups is 1. The zero-order chi connectivity index (χ0) is 16.8. The fraction of sp³-hybridized carbons (Fsp3) is 0.357. The van der Waals surface area contributed by atoms with Crippen molar-refractivity contribution in [1.82, 2.24) is 15.0 Å². The van der Waals surface area contributed by atoms with Gasteiger partial charge in [0.25, 0.3) is 0 Å². The van der Waals surface area contributed by atoms with E-state index in [-0.39, 0.29) is 35.5 Å². The molecule has 23 heavy (non-hydrogen) atoms. The number of hydrogen-bond acceptors (Lipinski definition) is 4. The van der Waals surface area contributed by atoms with Crippen molar-refractivity contribution < 1.29 is 26.9 Å². The smallest absolute Gasteiger partial charge is 0.345 e. The van der Waals surface area contributed by atoms with Gasteiger partial charge in [-0.1, -0.05) is 5.16 Å². The van der Waals surface area contributed by atoms with Gasteiger partial charge in [-0.2, -0.15) is 18.2 Å². The number of nitrogens with zero attached hydrogens (tertiary/aromatic N) is 3. The Kier molecular flexibility index (Phi) is 3.57. The third-order valence-electron chi connectivity index (χ3n) is 3.67. The van der Waals surface area contributed by atoms with Crippen LogP contribution in [0.25, 0.3) is 11.4 Å². The van der Waals surface area contributed by atoms with E-state index < -0.39 is 17.6 Å². The largest absolute Gasteiger partial charge is 0.416 e. The number of amides is 1. The summed E-state index contributed by atoms with van der Waals surface area (Å²) in [6.07, 6.45) is -4.43. The van der Waals surface area contributed by atoms with E-state index in [1.807, 2.05) is 0 Å². The zero-order valence-corrected chi connectivity index (χ0v) is 11.9. The average molecular weight is 329 g/mol. The first-order chi connectivity index (χ1) is 10.8. The Morgan fingerprint density at radius 1 is 1.35 bits per heavy atom. The molecule has 2 aromatic rings. The molecule has 0 spiro atoms. The number of carbonyl (C=O) groups excluding carboxylic acids is 1. The molecule has 1 aromatic heterocycles. The molecule has 0 bridgehead atoms. The van der Waals surface area contributed by atoms with Crippen molar-refractivity contribution in [2.24, 2.45) is 0 Å². The predicted molar refractivity (Wildman–Crippen MR) is 69.7 cm³/mol. The van der Waals surface area contributed by atoms with E-state index in [1.165, 1.54) is 4.90 Å². The second kappa shape index (κ2) is 5.32. The Balaban J connectivity index is 1.88. The molecule has 1 aliphatic heterocycles. The fourth-order valence-corrected chi connectivity index (χ4v) is 2.41. The molecule has 5 nitrogen and oxygen atoms in total. The van der Waals surface area contributed by atoms with Crippen molar-refractivity contribution in [1.29, 1.82) is 0 Å². The van der Waals surface area contributed by atoms with E-state index >= 15 is 0 Å². The van der Waals surface area contributed by atoms with Gasteiger partial charge in [0.1, 0.15) is 5.82 Å². The van der Waals surface area contributed by atoms with Crippen LogP contribution in [0, 0.1) is 5.82 Å². The summed E-state index contributed by atoms with van der Waals surface area (Å²) >= 11 is 0. The maximum atomic E-state index is 13.9. The molecular weight excluding hydrogens is 318 g/mol. The number of hydrogen-bond donors (Lipinski definition) is 0. The lowest BCUT2D eigenvalue weighted by Gasteiger charge is -2.07. The lowest BCUT2D eigenvalue weighted by molar-refractivity contribution is -0.137. The number of alkyl halides is 3. The molecule has 0 saturated carbocycles. The maximum absolute atomic E-state index is 13.9. The van der Waals surface area contributed by atoms with E-state index in [2.05, 4.69) is 10.1 Å². The van der Waals surface area contributed by atoms with Crippen molar-refractivity contribution in [3.05, 3.63) is 35.5 Å². The standard InChI is InChI=1S/C14H11F4N3O2/c1-21-6-7(4-11(21)22)13-19-12(20-23-13)9-3-2-8(5-10(9)15)14(16,17)18/h2-3,5,7H,4,6H2,1H3. The average Bonchev–Trinajstić information content (AvgIpc) is 3.06. The molecule has 1 aliphatic rings. The van der Waals surface area contributed by atoms with Gasteiger partial charge in [0.2, 0.25) is 17.6 Å². The summed E-state index contributed by atoms with van der Waals surface area (Å²) in [5.74, 6) is -1.45. The van der Waals surface area contributed by atoms with Gasteiger partial charge in [0, 0.05) is 20.0 Å². The van der Waals surface area contributed by atoms with Gasteiger partial charge >= 0.3 is 6.18 Å². The van der Waals surface area contributed by atoms with Crippen LogP contribution in [0.2, 0.25) is 0 Å². The number of aromatic nitrogens is 2. The summed E-state index contributed by atoms with van der Waals surface area (Å²) in [7, 11) is 1.63. The molecule has 0 aliphatic carbocycles. The first-order valence-corrected chi connectivity index (χ1v) is 6.70. The molecular formula is C14H11F4N3O2. The summed E-state index contributed by atoms with van der Waals surface area (Å²) < 4.78 is 56.5. The van der Waals surface area contributed by atoms with Gasteiger partial charge in [0.05, 0.1) is 17.0 Å². The predicted octanol–water partition coefficient (Wildman–Crippen LogP) is 2.84. The van der Waals surface area contributed by atoms with Crippen molar-refractivity contribution in [3.8, 4) is 11.4 Å². The highest BCUT2D eigenvalue weighted by Crippen LogP contribution is 2.33. The topological polar surface area (TPSA) is 59.2 Å². The highest BCUT2D eigenvalue weighted by atomic mass is 19.4. The first-order valence-electron chi connectivity index (χ1n) is 6.70. The highest BCUT2D eigenvalue weighted by molar-refractivity contribution is 5.79. The van der Waals surface area contributed by atoms with E-state index in [1.54, 1.807) is 7.05 Å². The van der Waals surface area contributed by atoms with Crippen LogP contribution < -0.4 is 0 Å². The first kappa shape index (κ1) is 15.4. The van der Waals surface area contributed by atoms with Gasteiger partial charge in [-0.25, -0.2) is 4.39 Å². The Bertz CT molecular complexity index is 757. The summed E-state index contributed by atoms with van der Waals surface area (Å²) in [6, 6.07) is 2.10. The molecule has 9 heteroatoms. The molecule has 1 unspecified atom stereocenters. The van der Waals surface area contributed by atoms with Crippen LogP contribution in [-0.2, 0) is 11.0 Å². The quantitative estimate of drug-likeness (QED) is 0.795. The number of rotatable bonds is 2. The second-order valence-electron chi connectivity index (χ2n) is 5.32.